The predicted molar refractivity (Wildman–Crippen MR) is 137 cm³/mol. The number of carbonyl (C=O) groups excluding carboxylic acids is 2. The standard InChI is InChI=1S/C28H36N2O5/c1-18(2)12-13-30-21-14-20(10-11-22(21)34-17-27(3,4)26(30)32)29-24(31)16-33-23-9-7-8-19-15-28(5,6)35-25(19)23/h7-11,14,18H,12-13,15-17H2,1-6H3,(H,29,31). The lowest BCUT2D eigenvalue weighted by Crippen LogP contribution is -2.42. The number of hydrogen-bond donors (Lipinski definition) is 1. The van der Waals surface area contributed by atoms with Crippen LogP contribution >= 0.6 is 0 Å². The Balaban J connectivity index is 1.48. The number of nitrogens with one attached hydrogen (secondary N) is 1. The third kappa shape index (κ3) is 5.55. The quantitative estimate of drug-likeness (QED) is 0.588. The number of anilines is 2. The highest BCUT2D eigenvalue weighted by molar-refractivity contribution is 6.00. The minimum Gasteiger partial charge on any atom is -0.490 e. The fraction of sp³-hybridized carbons (Fsp3) is 0.500. The van der Waals surface area contributed by atoms with Gasteiger partial charge in [0.2, 0.25) is 5.91 Å². The van der Waals surface area contributed by atoms with Gasteiger partial charge in [0.25, 0.3) is 5.91 Å². The molecular weight excluding hydrogens is 444 g/mol. The minimum atomic E-state index is -0.639. The zero-order valence-corrected chi connectivity index (χ0v) is 21.6. The van der Waals surface area contributed by atoms with E-state index in [0.29, 0.717) is 47.7 Å². The number of amides is 2. The third-order valence-corrected chi connectivity index (χ3v) is 6.29. The number of carbonyl (C=O) groups is 2. The molecule has 0 atom stereocenters. The molecule has 2 aliphatic heterocycles. The number of benzene rings is 2. The molecule has 0 fully saturated rings. The highest BCUT2D eigenvalue weighted by Crippen LogP contribution is 2.42. The number of para-hydroxylation sites is 1. The van der Waals surface area contributed by atoms with Crippen LogP contribution in [-0.4, -0.2) is 37.2 Å². The van der Waals surface area contributed by atoms with Gasteiger partial charge < -0.3 is 24.4 Å². The molecule has 2 heterocycles. The van der Waals surface area contributed by atoms with Crippen LogP contribution in [0.4, 0.5) is 11.4 Å². The summed E-state index contributed by atoms with van der Waals surface area (Å²) in [6.45, 7) is 12.9. The molecule has 188 valence electrons. The molecule has 7 heteroatoms. The average Bonchev–Trinajstić information content (AvgIpc) is 3.06. The second-order valence-corrected chi connectivity index (χ2v) is 11.1. The van der Waals surface area contributed by atoms with E-state index in [1.165, 1.54) is 0 Å². The Morgan fingerprint density at radius 1 is 1.17 bits per heavy atom. The van der Waals surface area contributed by atoms with Gasteiger partial charge in [0, 0.05) is 24.2 Å². The van der Waals surface area contributed by atoms with Gasteiger partial charge in [-0.05, 0) is 64.3 Å². The molecule has 2 amide bonds. The van der Waals surface area contributed by atoms with Crippen molar-refractivity contribution in [2.75, 3.05) is 30.0 Å². The Labute approximate surface area is 207 Å². The average molecular weight is 481 g/mol. The Bertz CT molecular complexity index is 1120. The lowest BCUT2D eigenvalue weighted by molar-refractivity contribution is -0.127. The van der Waals surface area contributed by atoms with Crippen molar-refractivity contribution in [2.45, 2.75) is 60.0 Å². The van der Waals surface area contributed by atoms with E-state index >= 15 is 0 Å². The monoisotopic (exact) mass is 480 g/mol. The normalized spacial score (nSPS) is 17.7. The van der Waals surface area contributed by atoms with E-state index in [-0.39, 0.29) is 24.0 Å². The summed E-state index contributed by atoms with van der Waals surface area (Å²) in [6.07, 6.45) is 1.66. The Kier molecular flexibility index (Phi) is 6.71. The number of fused-ring (bicyclic) bond motifs is 2. The summed E-state index contributed by atoms with van der Waals surface area (Å²) < 4.78 is 17.8. The summed E-state index contributed by atoms with van der Waals surface area (Å²) in [4.78, 5) is 27.8. The molecule has 1 N–H and O–H groups in total. The van der Waals surface area contributed by atoms with Gasteiger partial charge in [-0.25, -0.2) is 0 Å². The molecule has 0 bridgehead atoms. The van der Waals surface area contributed by atoms with Crippen molar-refractivity contribution in [3.63, 3.8) is 0 Å². The van der Waals surface area contributed by atoms with Crippen LogP contribution in [0.15, 0.2) is 36.4 Å². The van der Waals surface area contributed by atoms with Crippen LogP contribution in [0.5, 0.6) is 17.2 Å². The van der Waals surface area contributed by atoms with Crippen molar-refractivity contribution in [2.24, 2.45) is 11.3 Å². The first-order valence-electron chi connectivity index (χ1n) is 12.3. The molecule has 7 nitrogen and oxygen atoms in total. The van der Waals surface area contributed by atoms with Crippen molar-refractivity contribution >= 4 is 23.2 Å². The first-order chi connectivity index (χ1) is 16.4. The molecular formula is C28H36N2O5. The summed E-state index contributed by atoms with van der Waals surface area (Å²) in [5, 5.41) is 2.89. The van der Waals surface area contributed by atoms with Gasteiger partial charge >= 0.3 is 0 Å². The van der Waals surface area contributed by atoms with Gasteiger partial charge in [-0.2, -0.15) is 0 Å². The topological polar surface area (TPSA) is 77.1 Å². The molecule has 2 aromatic carbocycles. The number of ether oxygens (including phenoxy) is 3. The fourth-order valence-electron chi connectivity index (χ4n) is 4.37. The molecule has 0 aromatic heterocycles. The van der Waals surface area contributed by atoms with E-state index < -0.39 is 5.41 Å². The summed E-state index contributed by atoms with van der Waals surface area (Å²) >= 11 is 0. The van der Waals surface area contributed by atoms with Gasteiger partial charge in [0.05, 0.1) is 11.1 Å². The van der Waals surface area contributed by atoms with Crippen molar-refractivity contribution < 1.29 is 23.8 Å². The fourth-order valence-corrected chi connectivity index (χ4v) is 4.37. The summed E-state index contributed by atoms with van der Waals surface area (Å²) in [5.41, 5.74) is 1.41. The molecule has 0 radical (unpaired) electrons. The molecule has 0 unspecified atom stereocenters. The van der Waals surface area contributed by atoms with Crippen LogP contribution in [0.25, 0.3) is 0 Å². The minimum absolute atomic E-state index is 0.0181. The molecule has 0 aliphatic carbocycles. The van der Waals surface area contributed by atoms with Crippen LogP contribution in [0, 0.1) is 11.3 Å². The number of nitrogens with zero attached hydrogens (tertiary/aromatic N) is 1. The molecule has 35 heavy (non-hydrogen) atoms. The Morgan fingerprint density at radius 3 is 2.69 bits per heavy atom. The van der Waals surface area contributed by atoms with Crippen molar-refractivity contribution in [1.29, 1.82) is 0 Å². The molecule has 4 rings (SSSR count). The summed E-state index contributed by atoms with van der Waals surface area (Å²) in [5.74, 6) is 2.08. The van der Waals surface area contributed by atoms with E-state index in [1.54, 1.807) is 17.0 Å². The molecule has 2 aliphatic rings. The largest absolute Gasteiger partial charge is 0.490 e. The van der Waals surface area contributed by atoms with E-state index in [0.717, 1.165) is 18.4 Å². The second kappa shape index (κ2) is 9.44. The van der Waals surface area contributed by atoms with Gasteiger partial charge in [0.15, 0.2) is 18.1 Å². The SMILES string of the molecule is CC(C)CCN1C(=O)C(C)(C)COc2ccc(NC(=O)COc3cccc4c3OC(C)(C)C4)cc21. The highest BCUT2D eigenvalue weighted by Gasteiger charge is 2.38. The zero-order chi connectivity index (χ0) is 25.4. The van der Waals surface area contributed by atoms with E-state index in [4.69, 9.17) is 14.2 Å². The van der Waals surface area contributed by atoms with Crippen molar-refractivity contribution in [3.05, 3.63) is 42.0 Å². The molecule has 2 aromatic rings. The zero-order valence-electron chi connectivity index (χ0n) is 21.6. The number of rotatable bonds is 7. The smallest absolute Gasteiger partial charge is 0.262 e. The summed E-state index contributed by atoms with van der Waals surface area (Å²) in [6, 6.07) is 11.1. The molecule has 0 saturated carbocycles. The first kappa shape index (κ1) is 24.9. The van der Waals surface area contributed by atoms with Crippen molar-refractivity contribution in [3.8, 4) is 17.2 Å². The Hall–Kier alpha value is -3.22. The van der Waals surface area contributed by atoms with Crippen LogP contribution in [0.3, 0.4) is 0 Å². The lowest BCUT2D eigenvalue weighted by atomic mass is 9.92. The maximum atomic E-state index is 13.3. The van der Waals surface area contributed by atoms with E-state index in [2.05, 4.69) is 19.2 Å². The van der Waals surface area contributed by atoms with Crippen LogP contribution < -0.4 is 24.4 Å². The molecule has 0 saturated heterocycles. The first-order valence-corrected chi connectivity index (χ1v) is 12.3. The maximum absolute atomic E-state index is 13.3. The maximum Gasteiger partial charge on any atom is 0.262 e. The number of hydrogen-bond acceptors (Lipinski definition) is 5. The van der Waals surface area contributed by atoms with Gasteiger partial charge in [-0.3, -0.25) is 9.59 Å². The van der Waals surface area contributed by atoms with Crippen LogP contribution in [0.1, 0.15) is 53.5 Å². The summed E-state index contributed by atoms with van der Waals surface area (Å²) in [7, 11) is 0. The third-order valence-electron chi connectivity index (χ3n) is 6.29. The predicted octanol–water partition coefficient (Wildman–Crippen LogP) is 5.22. The molecule has 0 spiro atoms. The van der Waals surface area contributed by atoms with Crippen molar-refractivity contribution in [1.82, 2.24) is 0 Å². The highest BCUT2D eigenvalue weighted by atomic mass is 16.5. The van der Waals surface area contributed by atoms with Gasteiger partial charge in [-0.1, -0.05) is 26.0 Å². The van der Waals surface area contributed by atoms with Crippen LogP contribution in [-0.2, 0) is 16.0 Å². The lowest BCUT2D eigenvalue weighted by Gasteiger charge is -2.28. The Morgan fingerprint density at radius 2 is 1.94 bits per heavy atom. The van der Waals surface area contributed by atoms with Crippen LogP contribution in [0.2, 0.25) is 0 Å². The second-order valence-electron chi connectivity index (χ2n) is 11.1. The van der Waals surface area contributed by atoms with Gasteiger partial charge in [-0.15, -0.1) is 0 Å². The van der Waals surface area contributed by atoms with E-state index in [9.17, 15) is 9.59 Å². The van der Waals surface area contributed by atoms with Gasteiger partial charge in [0.1, 0.15) is 18.0 Å². The van der Waals surface area contributed by atoms with E-state index in [1.807, 2.05) is 52.0 Å².